The standard InChI is InChI=1S/C64H107NO18/c1-3-5-7-9-11-12-13-14-15-16-17-18-19-20-21-22-23-24-25-26-27-28-29-30-31-32-33-34-36-38-40-42-52(70)65-47(48(69)41-39-37-35-10-8-6-4-2)46-78-62-58(76)55(73)60(50(44-67)80-62)83-64-59(77)56(74)61(51(45-68)81-64)82-63-57(75)54(72)53(71)49(43-66)79-63/h5,7-8,10-12,14-15,17-18,20-21,23-24,39,41,47-51,53-64,66-69,71-77H,3-4,6,9,13,16,19,22,25-38,40,42-46H2,1-2H3,(H,65,70)/b7-5-,10-8+,12-11-,15-14-,18-17-,21-20-,24-23-,41-39+. The molecule has 0 aromatic rings. The number of amides is 1. The molecule has 0 spiro atoms. The van der Waals surface area contributed by atoms with Crippen molar-refractivity contribution >= 4 is 5.91 Å². The monoisotopic (exact) mass is 1180 g/mol. The first-order chi connectivity index (χ1) is 40.3. The highest BCUT2D eigenvalue weighted by atomic mass is 16.8. The molecule has 3 saturated heterocycles. The van der Waals surface area contributed by atoms with Crippen LogP contribution in [0, 0.1) is 0 Å². The van der Waals surface area contributed by atoms with Crippen molar-refractivity contribution in [2.45, 2.75) is 272 Å². The van der Waals surface area contributed by atoms with E-state index in [1.54, 1.807) is 12.2 Å². The average molecular weight is 1180 g/mol. The third-order valence-corrected chi connectivity index (χ3v) is 14.8. The Kier molecular flexibility index (Phi) is 40.9. The summed E-state index contributed by atoms with van der Waals surface area (Å²) in [7, 11) is 0. The van der Waals surface area contributed by atoms with Gasteiger partial charge in [-0.3, -0.25) is 4.79 Å². The Morgan fingerprint density at radius 3 is 1.34 bits per heavy atom. The summed E-state index contributed by atoms with van der Waals surface area (Å²) < 4.78 is 34.1. The molecule has 0 aromatic carbocycles. The Morgan fingerprint density at radius 1 is 0.446 bits per heavy atom. The highest BCUT2D eigenvalue weighted by molar-refractivity contribution is 5.76. The molecule has 0 aromatic heterocycles. The van der Waals surface area contributed by atoms with E-state index in [1.165, 1.54) is 44.9 Å². The van der Waals surface area contributed by atoms with E-state index in [0.717, 1.165) is 89.9 Å². The van der Waals surface area contributed by atoms with Gasteiger partial charge in [0.05, 0.1) is 38.6 Å². The molecule has 3 fully saturated rings. The van der Waals surface area contributed by atoms with Crippen LogP contribution in [0.5, 0.6) is 0 Å². The lowest BCUT2D eigenvalue weighted by molar-refractivity contribution is -0.379. The number of aliphatic hydroxyl groups is 11. The van der Waals surface area contributed by atoms with Crippen LogP contribution in [0.4, 0.5) is 0 Å². The van der Waals surface area contributed by atoms with E-state index in [2.05, 4.69) is 104 Å². The summed E-state index contributed by atoms with van der Waals surface area (Å²) in [5.74, 6) is -0.298. The molecule has 0 aliphatic carbocycles. The van der Waals surface area contributed by atoms with Gasteiger partial charge in [0, 0.05) is 6.42 Å². The summed E-state index contributed by atoms with van der Waals surface area (Å²) in [6.07, 6.45) is 31.7. The summed E-state index contributed by atoms with van der Waals surface area (Å²) in [6.45, 7) is 1.43. The van der Waals surface area contributed by atoms with Gasteiger partial charge in [0.25, 0.3) is 0 Å². The maximum Gasteiger partial charge on any atom is 0.220 e. The molecule has 17 unspecified atom stereocenters. The summed E-state index contributed by atoms with van der Waals surface area (Å²) in [6, 6.07) is -0.993. The van der Waals surface area contributed by atoms with Crippen LogP contribution in [0.2, 0.25) is 0 Å². The van der Waals surface area contributed by atoms with Crippen molar-refractivity contribution in [2.24, 2.45) is 0 Å². The lowest BCUT2D eigenvalue weighted by Gasteiger charge is -2.48. The molecule has 19 heteroatoms. The fraction of sp³-hybridized carbons (Fsp3) is 0.734. The van der Waals surface area contributed by atoms with Crippen molar-refractivity contribution in [3.8, 4) is 0 Å². The van der Waals surface area contributed by atoms with Crippen LogP contribution in [0.1, 0.15) is 168 Å². The second kappa shape index (κ2) is 45.9. The van der Waals surface area contributed by atoms with Crippen LogP contribution >= 0.6 is 0 Å². The van der Waals surface area contributed by atoms with Gasteiger partial charge in [-0.1, -0.05) is 182 Å². The van der Waals surface area contributed by atoms with Crippen molar-refractivity contribution in [1.82, 2.24) is 5.32 Å². The SMILES string of the molecule is CC/C=C\C/C=C\C/C=C\C/C=C\C/C=C\C/C=C\CCCCCCCCCCCCCCC(=O)NC(COC1OC(CO)C(OC2OC(CO)C(OC3OC(CO)C(O)C(O)C3O)C(O)C2O)C(O)C1O)C(O)/C=C/CC/C=C/CCC. The Morgan fingerprint density at radius 2 is 0.843 bits per heavy atom. The lowest BCUT2D eigenvalue weighted by atomic mass is 9.96. The quantitative estimate of drug-likeness (QED) is 0.0241. The van der Waals surface area contributed by atoms with Gasteiger partial charge in [0.2, 0.25) is 5.91 Å². The topological polar surface area (TPSA) is 307 Å². The van der Waals surface area contributed by atoms with E-state index in [4.69, 9.17) is 28.4 Å². The van der Waals surface area contributed by atoms with Crippen molar-refractivity contribution < 1.29 is 89.4 Å². The number of nitrogens with one attached hydrogen (secondary N) is 1. The molecule has 1 amide bonds. The molecule has 3 aliphatic rings. The molecule has 3 rings (SSSR count). The zero-order valence-electron chi connectivity index (χ0n) is 49.6. The Balaban J connectivity index is 1.35. The molecule has 0 bridgehead atoms. The molecule has 19 nitrogen and oxygen atoms in total. The maximum atomic E-state index is 13.3. The third-order valence-electron chi connectivity index (χ3n) is 14.8. The van der Waals surface area contributed by atoms with Crippen LogP contribution in [0.15, 0.2) is 97.2 Å². The van der Waals surface area contributed by atoms with Crippen molar-refractivity contribution in [3.63, 3.8) is 0 Å². The minimum absolute atomic E-state index is 0.226. The van der Waals surface area contributed by atoms with E-state index < -0.39 is 124 Å². The van der Waals surface area contributed by atoms with E-state index >= 15 is 0 Å². The number of carbonyl (C=O) groups is 1. The number of ether oxygens (including phenoxy) is 6. The number of hydrogen-bond donors (Lipinski definition) is 12. The van der Waals surface area contributed by atoms with Crippen LogP contribution in [-0.4, -0.2) is 193 Å². The highest BCUT2D eigenvalue weighted by Gasteiger charge is 2.53. The summed E-state index contributed by atoms with van der Waals surface area (Å²) in [5, 5.41) is 120. The van der Waals surface area contributed by atoms with Crippen LogP contribution in [0.3, 0.4) is 0 Å². The number of rotatable bonds is 44. The molecular weight excluding hydrogens is 1070 g/mol. The Bertz CT molecular complexity index is 1890. The van der Waals surface area contributed by atoms with E-state index in [1.807, 2.05) is 0 Å². The molecule has 3 aliphatic heterocycles. The third kappa shape index (κ3) is 29.3. The molecule has 12 N–H and O–H groups in total. The molecule has 0 saturated carbocycles. The van der Waals surface area contributed by atoms with Crippen LogP contribution < -0.4 is 5.32 Å². The Hall–Kier alpha value is -3.29. The van der Waals surface area contributed by atoms with Crippen molar-refractivity contribution in [2.75, 3.05) is 26.4 Å². The molecule has 17 atom stereocenters. The fourth-order valence-electron chi connectivity index (χ4n) is 9.80. The fourth-order valence-corrected chi connectivity index (χ4v) is 9.80. The second-order valence-electron chi connectivity index (χ2n) is 21.8. The maximum absolute atomic E-state index is 13.3. The van der Waals surface area contributed by atoms with E-state index in [9.17, 15) is 61.0 Å². The number of unbranched alkanes of at least 4 members (excludes halogenated alkanes) is 14. The number of aliphatic hydroxyl groups excluding tert-OH is 11. The van der Waals surface area contributed by atoms with E-state index in [-0.39, 0.29) is 18.9 Å². The molecule has 83 heavy (non-hydrogen) atoms. The van der Waals surface area contributed by atoms with Gasteiger partial charge in [-0.15, -0.1) is 0 Å². The first-order valence-electron chi connectivity index (χ1n) is 31.0. The molecule has 0 radical (unpaired) electrons. The van der Waals surface area contributed by atoms with Gasteiger partial charge >= 0.3 is 0 Å². The Labute approximate surface area is 494 Å². The number of allylic oxidation sites excluding steroid dienone is 15. The molecule has 476 valence electrons. The molecule has 3 heterocycles. The predicted molar refractivity (Wildman–Crippen MR) is 318 cm³/mol. The van der Waals surface area contributed by atoms with Crippen molar-refractivity contribution in [1.29, 1.82) is 0 Å². The minimum Gasteiger partial charge on any atom is -0.394 e. The van der Waals surface area contributed by atoms with Crippen LogP contribution in [0.25, 0.3) is 0 Å². The second-order valence-corrected chi connectivity index (χ2v) is 21.8. The lowest BCUT2D eigenvalue weighted by Crippen LogP contribution is -2.66. The summed E-state index contributed by atoms with van der Waals surface area (Å²) in [5.41, 5.74) is 0. The van der Waals surface area contributed by atoms with Crippen molar-refractivity contribution in [3.05, 3.63) is 97.2 Å². The van der Waals surface area contributed by atoms with Gasteiger partial charge in [0.15, 0.2) is 18.9 Å². The van der Waals surface area contributed by atoms with Gasteiger partial charge in [-0.05, 0) is 77.0 Å². The summed E-state index contributed by atoms with van der Waals surface area (Å²) >= 11 is 0. The van der Waals surface area contributed by atoms with Gasteiger partial charge in [-0.2, -0.15) is 0 Å². The first-order valence-corrected chi connectivity index (χ1v) is 31.0. The van der Waals surface area contributed by atoms with E-state index in [0.29, 0.717) is 12.8 Å². The predicted octanol–water partition coefficient (Wildman–Crippen LogP) is 6.15. The van der Waals surface area contributed by atoms with Gasteiger partial charge in [0.1, 0.15) is 73.2 Å². The molecular formula is C64H107NO18. The zero-order valence-corrected chi connectivity index (χ0v) is 49.6. The normalized spacial score (nSPS) is 30.1. The highest BCUT2D eigenvalue weighted by Crippen LogP contribution is 2.33. The minimum atomic E-state index is -1.98. The number of carbonyl (C=O) groups excluding carboxylic acids is 1. The first kappa shape index (κ1) is 74.0. The average Bonchev–Trinajstić information content (AvgIpc) is 3.69. The summed E-state index contributed by atoms with van der Waals surface area (Å²) in [4.78, 5) is 13.3. The van der Waals surface area contributed by atoms with Gasteiger partial charge < -0.3 is 89.9 Å². The largest absolute Gasteiger partial charge is 0.394 e. The van der Waals surface area contributed by atoms with Gasteiger partial charge in [-0.25, -0.2) is 0 Å². The smallest absolute Gasteiger partial charge is 0.220 e. The van der Waals surface area contributed by atoms with Crippen LogP contribution in [-0.2, 0) is 33.2 Å². The zero-order chi connectivity index (χ0) is 60.5. The number of hydrogen-bond acceptors (Lipinski definition) is 18.